The van der Waals surface area contributed by atoms with Crippen LogP contribution in [0.2, 0.25) is 0 Å². The number of aryl methyl sites for hydroxylation is 1. The Hall–Kier alpha value is -2.80. The van der Waals surface area contributed by atoms with Crippen LogP contribution in [0, 0.1) is 12.3 Å². The molecule has 21 heavy (non-hydrogen) atoms. The molecule has 1 aromatic heterocycles. The predicted octanol–water partition coefficient (Wildman–Crippen LogP) is 2.41. The Morgan fingerprint density at radius 2 is 1.90 bits per heavy atom. The van der Waals surface area contributed by atoms with Crippen LogP contribution < -0.4 is 5.56 Å². The van der Waals surface area contributed by atoms with Crippen molar-refractivity contribution in [2.24, 2.45) is 0 Å². The lowest BCUT2D eigenvalue weighted by Gasteiger charge is -2.12. The molecule has 0 fully saturated rings. The van der Waals surface area contributed by atoms with Crippen molar-refractivity contribution in [3.05, 3.63) is 57.9 Å². The van der Waals surface area contributed by atoms with Gasteiger partial charge in [0.2, 0.25) is 0 Å². The average Bonchev–Trinajstić information content (AvgIpc) is 2.49. The zero-order valence-electron chi connectivity index (χ0n) is 11.7. The maximum absolute atomic E-state index is 12.2. The number of carboxylic acids is 1. The number of pyridine rings is 1. The summed E-state index contributed by atoms with van der Waals surface area (Å²) in [5, 5.41) is 9.02. The first-order valence-corrected chi connectivity index (χ1v) is 6.58. The van der Waals surface area contributed by atoms with Crippen LogP contribution in [0.5, 0.6) is 0 Å². The van der Waals surface area contributed by atoms with Crippen molar-refractivity contribution in [3.63, 3.8) is 0 Å². The molecule has 1 heterocycles. The lowest BCUT2D eigenvalue weighted by atomic mass is 10.1. The molecule has 0 aliphatic heterocycles. The van der Waals surface area contributed by atoms with E-state index in [4.69, 9.17) is 11.5 Å². The fraction of sp³-hybridized carbons (Fsp3) is 0.176. The van der Waals surface area contributed by atoms with E-state index in [0.717, 1.165) is 12.0 Å². The van der Waals surface area contributed by atoms with E-state index in [-0.39, 0.29) is 12.1 Å². The molecule has 0 amide bonds. The second-order valence-corrected chi connectivity index (χ2v) is 4.58. The van der Waals surface area contributed by atoms with Crippen LogP contribution in [0.25, 0.3) is 11.3 Å². The zero-order chi connectivity index (χ0) is 15.4. The maximum Gasteiger partial charge on any atom is 0.341 e. The number of hydrogen-bond acceptors (Lipinski definition) is 2. The topological polar surface area (TPSA) is 59.3 Å². The molecular formula is C17H15NO3. The van der Waals surface area contributed by atoms with Crippen LogP contribution in [0.3, 0.4) is 0 Å². The van der Waals surface area contributed by atoms with E-state index in [1.807, 2.05) is 24.3 Å². The number of benzene rings is 1. The first kappa shape index (κ1) is 14.6. The van der Waals surface area contributed by atoms with Gasteiger partial charge in [0.25, 0.3) is 5.56 Å². The largest absolute Gasteiger partial charge is 0.477 e. The first-order valence-electron chi connectivity index (χ1n) is 6.58. The Balaban J connectivity index is 2.62. The van der Waals surface area contributed by atoms with E-state index in [1.165, 1.54) is 16.2 Å². The van der Waals surface area contributed by atoms with Gasteiger partial charge in [0.15, 0.2) is 0 Å². The summed E-state index contributed by atoms with van der Waals surface area (Å²) >= 11 is 0. The number of nitrogens with zero attached hydrogens (tertiary/aromatic N) is 1. The summed E-state index contributed by atoms with van der Waals surface area (Å²) in [5.41, 5.74) is 1.77. The SMILES string of the molecule is C#CCn1c(-c2ccc(CC)cc2)ccc(C(=O)O)c1=O. The molecule has 0 bridgehead atoms. The molecule has 2 aromatic rings. The van der Waals surface area contributed by atoms with Crippen LogP contribution in [0.1, 0.15) is 22.8 Å². The summed E-state index contributed by atoms with van der Waals surface area (Å²) in [4.78, 5) is 23.2. The van der Waals surface area contributed by atoms with Crippen molar-refractivity contribution in [1.82, 2.24) is 4.57 Å². The fourth-order valence-electron chi connectivity index (χ4n) is 2.15. The molecule has 1 N–H and O–H groups in total. The van der Waals surface area contributed by atoms with Crippen LogP contribution in [-0.2, 0) is 13.0 Å². The van der Waals surface area contributed by atoms with Crippen molar-refractivity contribution in [3.8, 4) is 23.6 Å². The van der Waals surface area contributed by atoms with E-state index in [1.54, 1.807) is 6.07 Å². The lowest BCUT2D eigenvalue weighted by Crippen LogP contribution is -2.27. The summed E-state index contributed by atoms with van der Waals surface area (Å²) in [5.74, 6) is 1.14. The Bertz CT molecular complexity index is 764. The van der Waals surface area contributed by atoms with Crippen molar-refractivity contribution < 1.29 is 9.90 Å². The van der Waals surface area contributed by atoms with E-state index in [0.29, 0.717) is 5.69 Å². The second-order valence-electron chi connectivity index (χ2n) is 4.58. The highest BCUT2D eigenvalue weighted by molar-refractivity contribution is 5.87. The average molecular weight is 281 g/mol. The molecule has 0 saturated heterocycles. The predicted molar refractivity (Wildman–Crippen MR) is 81.3 cm³/mol. The Morgan fingerprint density at radius 1 is 1.24 bits per heavy atom. The van der Waals surface area contributed by atoms with Gasteiger partial charge in [-0.25, -0.2) is 4.79 Å². The van der Waals surface area contributed by atoms with Crippen molar-refractivity contribution in [2.75, 3.05) is 0 Å². The Morgan fingerprint density at radius 3 is 2.43 bits per heavy atom. The third-order valence-electron chi connectivity index (χ3n) is 3.31. The maximum atomic E-state index is 12.2. The summed E-state index contributed by atoms with van der Waals surface area (Å²) < 4.78 is 1.31. The quantitative estimate of drug-likeness (QED) is 0.875. The van der Waals surface area contributed by atoms with E-state index in [2.05, 4.69) is 12.8 Å². The highest BCUT2D eigenvalue weighted by Gasteiger charge is 2.14. The summed E-state index contributed by atoms with van der Waals surface area (Å²) in [6.45, 7) is 2.09. The first-order chi connectivity index (χ1) is 10.1. The number of carbonyl (C=O) groups is 1. The van der Waals surface area contributed by atoms with Gasteiger partial charge >= 0.3 is 5.97 Å². The minimum absolute atomic E-state index is 0.0326. The van der Waals surface area contributed by atoms with Crippen LogP contribution in [-0.4, -0.2) is 15.6 Å². The van der Waals surface area contributed by atoms with Crippen LogP contribution in [0.15, 0.2) is 41.2 Å². The second kappa shape index (κ2) is 6.10. The highest BCUT2D eigenvalue weighted by atomic mass is 16.4. The molecule has 0 aliphatic rings. The van der Waals surface area contributed by atoms with Crippen LogP contribution >= 0.6 is 0 Å². The summed E-state index contributed by atoms with van der Waals surface area (Å²) in [7, 11) is 0. The molecule has 2 rings (SSSR count). The third-order valence-corrected chi connectivity index (χ3v) is 3.31. The number of aromatic carboxylic acids is 1. The number of terminal acetylenes is 1. The van der Waals surface area contributed by atoms with Gasteiger partial charge in [0, 0.05) is 0 Å². The van der Waals surface area contributed by atoms with Gasteiger partial charge in [0.05, 0.1) is 12.2 Å². The fourth-order valence-corrected chi connectivity index (χ4v) is 2.15. The van der Waals surface area contributed by atoms with Crippen molar-refractivity contribution >= 4 is 5.97 Å². The van der Waals surface area contributed by atoms with E-state index < -0.39 is 11.5 Å². The minimum Gasteiger partial charge on any atom is -0.477 e. The summed E-state index contributed by atoms with van der Waals surface area (Å²) in [6.07, 6.45) is 6.22. The molecular weight excluding hydrogens is 266 g/mol. The third kappa shape index (κ3) is 2.87. The molecule has 4 heteroatoms. The minimum atomic E-state index is -1.25. The number of rotatable bonds is 4. The van der Waals surface area contributed by atoms with E-state index in [9.17, 15) is 9.59 Å². The number of aromatic nitrogens is 1. The molecule has 1 aromatic carbocycles. The van der Waals surface area contributed by atoms with Gasteiger partial charge < -0.3 is 5.11 Å². The Labute approximate surface area is 122 Å². The monoisotopic (exact) mass is 281 g/mol. The molecule has 0 atom stereocenters. The molecule has 0 spiro atoms. The van der Waals surface area contributed by atoms with Gasteiger partial charge in [-0.1, -0.05) is 37.1 Å². The molecule has 0 saturated carbocycles. The summed E-state index contributed by atoms with van der Waals surface area (Å²) in [6, 6.07) is 10.7. The lowest BCUT2D eigenvalue weighted by molar-refractivity contribution is 0.0694. The normalized spacial score (nSPS) is 10.1. The number of hydrogen-bond donors (Lipinski definition) is 1. The standard InChI is InChI=1S/C17H15NO3/c1-3-11-18-15(10-9-14(16(18)19)17(20)21)13-7-5-12(4-2)6-8-13/h1,5-10H,4,11H2,2H3,(H,20,21). The van der Waals surface area contributed by atoms with Gasteiger partial charge in [-0.05, 0) is 29.7 Å². The van der Waals surface area contributed by atoms with Gasteiger partial charge in [-0.3, -0.25) is 9.36 Å². The smallest absolute Gasteiger partial charge is 0.341 e. The molecule has 106 valence electrons. The van der Waals surface area contributed by atoms with Gasteiger partial charge in [-0.2, -0.15) is 0 Å². The van der Waals surface area contributed by atoms with Crippen molar-refractivity contribution in [2.45, 2.75) is 19.9 Å². The van der Waals surface area contributed by atoms with Gasteiger partial charge in [0.1, 0.15) is 5.56 Å². The molecule has 0 unspecified atom stereocenters. The zero-order valence-corrected chi connectivity index (χ0v) is 11.7. The number of carboxylic acid groups (broad SMARTS) is 1. The van der Waals surface area contributed by atoms with Crippen molar-refractivity contribution in [1.29, 1.82) is 0 Å². The molecule has 4 nitrogen and oxygen atoms in total. The molecule has 0 aliphatic carbocycles. The Kier molecular flexibility index (Phi) is 4.24. The van der Waals surface area contributed by atoms with Gasteiger partial charge in [-0.15, -0.1) is 6.42 Å². The molecule has 0 radical (unpaired) electrons. The van der Waals surface area contributed by atoms with E-state index >= 15 is 0 Å². The van der Waals surface area contributed by atoms with Crippen LogP contribution in [0.4, 0.5) is 0 Å². The highest BCUT2D eigenvalue weighted by Crippen LogP contribution is 2.19.